The smallest absolute Gasteiger partial charge is 0.341 e. The molecule has 0 unspecified atom stereocenters. The van der Waals surface area contributed by atoms with E-state index in [2.05, 4.69) is 10.6 Å². The van der Waals surface area contributed by atoms with Gasteiger partial charge in [-0.05, 0) is 6.07 Å². The van der Waals surface area contributed by atoms with Gasteiger partial charge in [-0.1, -0.05) is 12.1 Å². The van der Waals surface area contributed by atoms with Crippen LogP contribution in [0.5, 0.6) is 0 Å². The van der Waals surface area contributed by atoms with Crippen LogP contribution in [-0.4, -0.2) is 11.8 Å². The van der Waals surface area contributed by atoms with Gasteiger partial charge < -0.3 is 10.6 Å². The molecule has 0 spiro atoms. The van der Waals surface area contributed by atoms with Crippen molar-refractivity contribution in [3.05, 3.63) is 29.3 Å². The van der Waals surface area contributed by atoms with E-state index in [1.54, 1.807) is 0 Å². The van der Waals surface area contributed by atoms with E-state index in [1.807, 2.05) is 0 Å². The van der Waals surface area contributed by atoms with E-state index < -0.39 is 29.6 Å². The average Bonchev–Trinajstić information content (AvgIpc) is 2.53. The van der Waals surface area contributed by atoms with Gasteiger partial charge >= 0.3 is 6.18 Å². The first kappa shape index (κ1) is 12.4. The molecule has 0 radical (unpaired) electrons. The largest absolute Gasteiger partial charge is 0.418 e. The standard InChI is InChI=1S/C11H9F3N2O2/c1-5(17)15-9-6-3-2-4-7(11(12,13)14)8(6)16-10(9)18/h2-4,9H,1H3,(H,15,17)(H,16,18)/t9-/m0/s1. The summed E-state index contributed by atoms with van der Waals surface area (Å²) >= 11 is 0. The second-order valence-corrected chi connectivity index (χ2v) is 3.89. The van der Waals surface area contributed by atoms with E-state index >= 15 is 0 Å². The third-order valence-electron chi connectivity index (χ3n) is 2.57. The topological polar surface area (TPSA) is 58.2 Å². The summed E-state index contributed by atoms with van der Waals surface area (Å²) in [5.74, 6) is -1.16. The Hall–Kier alpha value is -2.05. The molecule has 2 rings (SSSR count). The predicted molar refractivity (Wildman–Crippen MR) is 56.6 cm³/mol. The first-order chi connectivity index (χ1) is 8.30. The highest BCUT2D eigenvalue weighted by Crippen LogP contribution is 2.41. The molecule has 0 aromatic heterocycles. The molecule has 1 aromatic carbocycles. The van der Waals surface area contributed by atoms with Crippen LogP contribution in [0.1, 0.15) is 24.1 Å². The van der Waals surface area contributed by atoms with Crippen molar-refractivity contribution in [2.24, 2.45) is 0 Å². The maximum Gasteiger partial charge on any atom is 0.418 e. The van der Waals surface area contributed by atoms with Crippen LogP contribution in [0.15, 0.2) is 18.2 Å². The summed E-state index contributed by atoms with van der Waals surface area (Å²) in [6.07, 6.45) is -4.55. The van der Waals surface area contributed by atoms with Crippen LogP contribution < -0.4 is 10.6 Å². The molecule has 1 aromatic rings. The van der Waals surface area contributed by atoms with E-state index in [4.69, 9.17) is 0 Å². The molecule has 4 nitrogen and oxygen atoms in total. The lowest BCUT2D eigenvalue weighted by Crippen LogP contribution is -2.30. The van der Waals surface area contributed by atoms with Gasteiger partial charge in [0.2, 0.25) is 5.91 Å². The van der Waals surface area contributed by atoms with Gasteiger partial charge in [0.05, 0.1) is 11.3 Å². The van der Waals surface area contributed by atoms with Gasteiger partial charge in [0.1, 0.15) is 6.04 Å². The Morgan fingerprint density at radius 3 is 2.61 bits per heavy atom. The summed E-state index contributed by atoms with van der Waals surface area (Å²) in [6.45, 7) is 1.19. The molecule has 0 bridgehead atoms. The highest BCUT2D eigenvalue weighted by atomic mass is 19.4. The fourth-order valence-electron chi connectivity index (χ4n) is 1.87. The normalized spacial score (nSPS) is 18.2. The van der Waals surface area contributed by atoms with Gasteiger partial charge in [0.15, 0.2) is 0 Å². The number of amides is 2. The Bertz CT molecular complexity index is 526. The number of nitrogens with one attached hydrogen (secondary N) is 2. The molecule has 1 atom stereocenters. The van der Waals surface area contributed by atoms with Crippen LogP contribution >= 0.6 is 0 Å². The fraction of sp³-hybridized carbons (Fsp3) is 0.273. The molecular weight excluding hydrogens is 249 g/mol. The molecule has 1 heterocycles. The van der Waals surface area contributed by atoms with Crippen LogP contribution in [0, 0.1) is 0 Å². The molecular formula is C11H9F3N2O2. The molecule has 2 amide bonds. The van der Waals surface area contributed by atoms with E-state index in [0.29, 0.717) is 0 Å². The Morgan fingerprint density at radius 1 is 1.39 bits per heavy atom. The third kappa shape index (κ3) is 2.03. The van der Waals surface area contributed by atoms with Gasteiger partial charge in [-0.15, -0.1) is 0 Å². The molecule has 96 valence electrons. The van der Waals surface area contributed by atoms with E-state index in [0.717, 1.165) is 6.07 Å². The minimum Gasteiger partial charge on any atom is -0.341 e. The molecule has 0 saturated heterocycles. The summed E-state index contributed by atoms with van der Waals surface area (Å²) in [7, 11) is 0. The fourth-order valence-corrected chi connectivity index (χ4v) is 1.87. The van der Waals surface area contributed by atoms with Crippen LogP contribution in [0.4, 0.5) is 18.9 Å². The van der Waals surface area contributed by atoms with Crippen molar-refractivity contribution in [2.45, 2.75) is 19.1 Å². The zero-order valence-corrected chi connectivity index (χ0v) is 9.26. The Labute approximate surface area is 100 Å². The number of hydrogen-bond acceptors (Lipinski definition) is 2. The number of benzene rings is 1. The number of carbonyl (C=O) groups is 2. The van der Waals surface area contributed by atoms with E-state index in [-0.39, 0.29) is 11.3 Å². The zero-order valence-electron chi connectivity index (χ0n) is 9.26. The lowest BCUT2D eigenvalue weighted by atomic mass is 10.0. The molecule has 1 aliphatic heterocycles. The van der Waals surface area contributed by atoms with Crippen molar-refractivity contribution in [3.8, 4) is 0 Å². The van der Waals surface area contributed by atoms with Gasteiger partial charge in [-0.3, -0.25) is 9.59 Å². The average molecular weight is 258 g/mol. The molecule has 18 heavy (non-hydrogen) atoms. The molecule has 0 aliphatic carbocycles. The van der Waals surface area contributed by atoms with Gasteiger partial charge in [-0.25, -0.2) is 0 Å². The highest BCUT2D eigenvalue weighted by Gasteiger charge is 2.40. The second kappa shape index (κ2) is 4.01. The number of para-hydroxylation sites is 1. The van der Waals surface area contributed by atoms with Gasteiger partial charge in [0.25, 0.3) is 5.91 Å². The summed E-state index contributed by atoms with van der Waals surface area (Å²) in [5, 5.41) is 4.46. The second-order valence-electron chi connectivity index (χ2n) is 3.89. The van der Waals surface area contributed by atoms with Crippen LogP contribution in [0.2, 0.25) is 0 Å². The van der Waals surface area contributed by atoms with Crippen molar-refractivity contribution >= 4 is 17.5 Å². The number of halogens is 3. The number of fused-ring (bicyclic) bond motifs is 1. The first-order valence-electron chi connectivity index (χ1n) is 5.09. The van der Waals surface area contributed by atoms with E-state index in [1.165, 1.54) is 19.1 Å². The lowest BCUT2D eigenvalue weighted by molar-refractivity contribution is -0.137. The SMILES string of the molecule is CC(=O)N[C@@H]1C(=O)Nc2c1cccc2C(F)(F)F. The highest BCUT2D eigenvalue weighted by molar-refractivity contribution is 6.05. The summed E-state index contributed by atoms with van der Waals surface area (Å²) < 4.78 is 38.2. The lowest BCUT2D eigenvalue weighted by Gasteiger charge is -2.12. The zero-order chi connectivity index (χ0) is 13.5. The number of carbonyl (C=O) groups excluding carboxylic acids is 2. The quantitative estimate of drug-likeness (QED) is 0.807. The molecule has 7 heteroatoms. The maximum absolute atomic E-state index is 12.7. The third-order valence-corrected chi connectivity index (χ3v) is 2.57. The number of alkyl halides is 3. The predicted octanol–water partition coefficient (Wildman–Crippen LogP) is 1.83. The van der Waals surface area contributed by atoms with Crippen LogP contribution in [0.25, 0.3) is 0 Å². The van der Waals surface area contributed by atoms with Crippen molar-refractivity contribution in [3.63, 3.8) is 0 Å². The molecule has 2 N–H and O–H groups in total. The van der Waals surface area contributed by atoms with Crippen LogP contribution in [0.3, 0.4) is 0 Å². The minimum absolute atomic E-state index is 0.130. The molecule has 0 saturated carbocycles. The Morgan fingerprint density at radius 2 is 2.06 bits per heavy atom. The summed E-state index contributed by atoms with van der Waals surface area (Å²) in [4.78, 5) is 22.5. The van der Waals surface area contributed by atoms with Crippen molar-refractivity contribution in [1.29, 1.82) is 0 Å². The number of anilines is 1. The summed E-state index contributed by atoms with van der Waals surface area (Å²) in [6, 6.07) is 2.40. The monoisotopic (exact) mass is 258 g/mol. The van der Waals surface area contributed by atoms with Crippen LogP contribution in [-0.2, 0) is 15.8 Å². The molecule has 1 aliphatic rings. The Balaban J connectivity index is 2.49. The van der Waals surface area contributed by atoms with Crippen molar-refractivity contribution in [1.82, 2.24) is 5.32 Å². The van der Waals surface area contributed by atoms with Crippen molar-refractivity contribution < 1.29 is 22.8 Å². The minimum atomic E-state index is -4.55. The van der Waals surface area contributed by atoms with Gasteiger partial charge in [-0.2, -0.15) is 13.2 Å². The number of hydrogen-bond donors (Lipinski definition) is 2. The van der Waals surface area contributed by atoms with E-state index in [9.17, 15) is 22.8 Å². The molecule has 0 fully saturated rings. The first-order valence-corrected chi connectivity index (χ1v) is 5.09. The summed E-state index contributed by atoms with van der Waals surface area (Å²) in [5.41, 5.74) is -1.07. The Kier molecular flexibility index (Phi) is 2.76. The maximum atomic E-state index is 12.7. The van der Waals surface area contributed by atoms with Gasteiger partial charge in [0, 0.05) is 12.5 Å². The van der Waals surface area contributed by atoms with Crippen molar-refractivity contribution in [2.75, 3.05) is 5.32 Å². The number of rotatable bonds is 1.